The molecule has 0 spiro atoms. The fourth-order valence-corrected chi connectivity index (χ4v) is 6.75. The molecule has 3 rings (SSSR count). The third-order valence-electron chi connectivity index (χ3n) is 5.67. The molecule has 9 heteroatoms. The number of hydrogen-bond acceptors (Lipinski definition) is 5. The Morgan fingerprint density at radius 2 is 1.76 bits per heavy atom. The Bertz CT molecular complexity index is 1010. The molecular formula is C25H33ClN2O4S2. The van der Waals surface area contributed by atoms with Gasteiger partial charge in [0.25, 0.3) is 10.0 Å². The third kappa shape index (κ3) is 7.82. The van der Waals surface area contributed by atoms with Gasteiger partial charge in [-0.15, -0.1) is 0 Å². The van der Waals surface area contributed by atoms with E-state index in [0.29, 0.717) is 29.6 Å². The quantitative estimate of drug-likeness (QED) is 0.371. The van der Waals surface area contributed by atoms with Gasteiger partial charge in [-0.25, -0.2) is 8.42 Å². The summed E-state index contributed by atoms with van der Waals surface area (Å²) >= 11 is 7.92. The largest absolute Gasteiger partial charge is 0.494 e. The summed E-state index contributed by atoms with van der Waals surface area (Å²) in [6.45, 7) is 2.60. The Kier molecular flexibility index (Phi) is 10.4. The monoisotopic (exact) mass is 524 g/mol. The number of ether oxygens (including phenoxy) is 1. The van der Waals surface area contributed by atoms with Gasteiger partial charge in [0.1, 0.15) is 12.3 Å². The summed E-state index contributed by atoms with van der Waals surface area (Å²) < 4.78 is 33.4. The van der Waals surface area contributed by atoms with Crippen molar-refractivity contribution in [2.24, 2.45) is 0 Å². The topological polar surface area (TPSA) is 75.7 Å². The molecule has 0 aromatic heterocycles. The number of carbonyl (C=O) groups excluding carboxylic acids is 1. The molecule has 0 aliphatic heterocycles. The predicted molar refractivity (Wildman–Crippen MR) is 141 cm³/mol. The van der Waals surface area contributed by atoms with Crippen molar-refractivity contribution in [3.63, 3.8) is 0 Å². The third-order valence-corrected chi connectivity index (χ3v) is 9.18. The van der Waals surface area contributed by atoms with Gasteiger partial charge in [-0.3, -0.25) is 9.10 Å². The van der Waals surface area contributed by atoms with Crippen LogP contribution in [0.3, 0.4) is 0 Å². The van der Waals surface area contributed by atoms with Crippen molar-refractivity contribution in [2.45, 2.75) is 55.6 Å². The first-order chi connectivity index (χ1) is 16.4. The second-order valence-corrected chi connectivity index (χ2v) is 11.9. The highest BCUT2D eigenvalue weighted by Crippen LogP contribution is 2.29. The van der Waals surface area contributed by atoms with Crippen molar-refractivity contribution in [1.82, 2.24) is 5.32 Å². The molecule has 0 unspecified atom stereocenters. The van der Waals surface area contributed by atoms with Crippen LogP contribution in [0.25, 0.3) is 0 Å². The van der Waals surface area contributed by atoms with Crippen LogP contribution in [0.4, 0.5) is 5.69 Å². The molecule has 2 aromatic rings. The summed E-state index contributed by atoms with van der Waals surface area (Å²) in [4.78, 5) is 12.8. The van der Waals surface area contributed by atoms with Crippen LogP contribution in [-0.2, 0) is 14.8 Å². The van der Waals surface area contributed by atoms with E-state index in [1.54, 1.807) is 24.3 Å². The number of thioether (sulfide) groups is 1. The Morgan fingerprint density at radius 3 is 2.41 bits per heavy atom. The number of sulfonamides is 1. The standard InChI is InChI=1S/C25H33ClN2O4S2/c1-2-32-22-13-11-21(12-14-22)28(34(30,31)24-15-9-20(26)10-16-24)19-25(29)27-17-6-18-33-23-7-4-3-5-8-23/h9-16,23H,2-8,17-19H2,1H3,(H,27,29). The number of halogens is 1. The Balaban J connectivity index is 1.64. The molecule has 2 aromatic carbocycles. The molecule has 1 amide bonds. The minimum Gasteiger partial charge on any atom is -0.494 e. The summed E-state index contributed by atoms with van der Waals surface area (Å²) in [5, 5.41) is 4.06. The van der Waals surface area contributed by atoms with Gasteiger partial charge < -0.3 is 10.1 Å². The van der Waals surface area contributed by atoms with Crippen molar-refractivity contribution < 1.29 is 17.9 Å². The van der Waals surface area contributed by atoms with Gasteiger partial charge in [0, 0.05) is 16.8 Å². The van der Waals surface area contributed by atoms with Crippen molar-refractivity contribution in [3.8, 4) is 5.75 Å². The minimum atomic E-state index is -3.97. The zero-order valence-corrected chi connectivity index (χ0v) is 21.9. The zero-order chi connectivity index (χ0) is 24.4. The molecule has 1 fully saturated rings. The lowest BCUT2D eigenvalue weighted by atomic mass is 10.0. The lowest BCUT2D eigenvalue weighted by Gasteiger charge is -2.24. The van der Waals surface area contributed by atoms with Crippen molar-refractivity contribution >= 4 is 45.0 Å². The molecule has 0 bridgehead atoms. The number of anilines is 1. The number of rotatable bonds is 12. The summed E-state index contributed by atoms with van der Waals surface area (Å²) in [6, 6.07) is 12.6. The van der Waals surface area contributed by atoms with Gasteiger partial charge in [0.05, 0.1) is 17.2 Å². The van der Waals surface area contributed by atoms with Crippen LogP contribution in [0.2, 0.25) is 5.02 Å². The van der Waals surface area contributed by atoms with E-state index in [4.69, 9.17) is 16.3 Å². The Morgan fingerprint density at radius 1 is 1.09 bits per heavy atom. The lowest BCUT2D eigenvalue weighted by Crippen LogP contribution is -2.41. The Hall–Kier alpha value is -1.90. The molecule has 1 aliphatic carbocycles. The molecule has 0 heterocycles. The van der Waals surface area contributed by atoms with Crippen LogP contribution < -0.4 is 14.4 Å². The number of hydrogen-bond donors (Lipinski definition) is 1. The first-order valence-corrected chi connectivity index (χ1v) is 14.7. The molecule has 0 saturated heterocycles. The Labute approximate surface area is 212 Å². The van der Waals surface area contributed by atoms with Gasteiger partial charge in [-0.2, -0.15) is 11.8 Å². The van der Waals surface area contributed by atoms with Crippen LogP contribution in [-0.4, -0.2) is 45.0 Å². The first kappa shape index (κ1) is 26.7. The molecular weight excluding hydrogens is 492 g/mol. The second kappa shape index (κ2) is 13.3. The fraction of sp³-hybridized carbons (Fsp3) is 0.480. The smallest absolute Gasteiger partial charge is 0.264 e. The van der Waals surface area contributed by atoms with Gasteiger partial charge in [0.2, 0.25) is 5.91 Å². The highest BCUT2D eigenvalue weighted by atomic mass is 35.5. The minimum absolute atomic E-state index is 0.0717. The molecule has 186 valence electrons. The van der Waals surface area contributed by atoms with Gasteiger partial charge in [-0.05, 0) is 80.5 Å². The molecule has 6 nitrogen and oxygen atoms in total. The van der Waals surface area contributed by atoms with Crippen LogP contribution in [0.1, 0.15) is 45.4 Å². The average Bonchev–Trinajstić information content (AvgIpc) is 2.84. The summed E-state index contributed by atoms with van der Waals surface area (Å²) in [5.41, 5.74) is 0.390. The maximum absolute atomic E-state index is 13.4. The van der Waals surface area contributed by atoms with Gasteiger partial charge >= 0.3 is 0 Å². The van der Waals surface area contributed by atoms with Crippen molar-refractivity contribution in [2.75, 3.05) is 29.8 Å². The van der Waals surface area contributed by atoms with Gasteiger partial charge in [-0.1, -0.05) is 30.9 Å². The highest BCUT2D eigenvalue weighted by Gasteiger charge is 2.27. The maximum atomic E-state index is 13.4. The fourth-order valence-electron chi connectivity index (χ4n) is 3.89. The molecule has 1 aliphatic rings. The average molecular weight is 525 g/mol. The van der Waals surface area contributed by atoms with E-state index >= 15 is 0 Å². The van der Waals surface area contributed by atoms with Crippen LogP contribution >= 0.6 is 23.4 Å². The number of benzene rings is 2. The second-order valence-electron chi connectivity index (χ2n) is 8.23. The molecule has 1 saturated carbocycles. The number of nitrogens with zero attached hydrogens (tertiary/aromatic N) is 1. The number of nitrogens with one attached hydrogen (secondary N) is 1. The van der Waals surface area contributed by atoms with Gasteiger partial charge in [0.15, 0.2) is 0 Å². The molecule has 0 atom stereocenters. The van der Waals surface area contributed by atoms with E-state index in [9.17, 15) is 13.2 Å². The highest BCUT2D eigenvalue weighted by molar-refractivity contribution is 7.99. The lowest BCUT2D eigenvalue weighted by molar-refractivity contribution is -0.119. The SMILES string of the molecule is CCOc1ccc(N(CC(=O)NCCCSC2CCCCC2)S(=O)(=O)c2ccc(Cl)cc2)cc1. The van der Waals surface area contributed by atoms with E-state index in [1.165, 1.54) is 56.4 Å². The summed E-state index contributed by atoms with van der Waals surface area (Å²) in [7, 11) is -3.97. The summed E-state index contributed by atoms with van der Waals surface area (Å²) in [6.07, 6.45) is 7.42. The number of carbonyl (C=O) groups is 1. The molecule has 0 radical (unpaired) electrons. The van der Waals surface area contributed by atoms with E-state index in [1.807, 2.05) is 18.7 Å². The maximum Gasteiger partial charge on any atom is 0.264 e. The van der Waals surface area contributed by atoms with Crippen molar-refractivity contribution in [3.05, 3.63) is 53.6 Å². The van der Waals surface area contributed by atoms with Crippen LogP contribution in [0, 0.1) is 0 Å². The zero-order valence-electron chi connectivity index (χ0n) is 19.5. The van der Waals surface area contributed by atoms with Crippen LogP contribution in [0.5, 0.6) is 5.75 Å². The first-order valence-electron chi connectivity index (χ1n) is 11.8. The van der Waals surface area contributed by atoms with Crippen molar-refractivity contribution in [1.29, 1.82) is 0 Å². The van der Waals surface area contributed by atoms with E-state index in [0.717, 1.165) is 21.7 Å². The van der Waals surface area contributed by atoms with Crippen LogP contribution in [0.15, 0.2) is 53.4 Å². The summed E-state index contributed by atoms with van der Waals surface area (Å²) in [5.74, 6) is 1.29. The van der Waals surface area contributed by atoms with E-state index in [-0.39, 0.29) is 17.3 Å². The predicted octanol–water partition coefficient (Wildman–Crippen LogP) is 5.51. The molecule has 1 N–H and O–H groups in total. The van der Waals surface area contributed by atoms with E-state index < -0.39 is 10.0 Å². The normalized spacial score (nSPS) is 14.5. The molecule has 34 heavy (non-hydrogen) atoms. The van der Waals surface area contributed by atoms with E-state index in [2.05, 4.69) is 5.32 Å². The number of amides is 1.